The third-order valence-electron chi connectivity index (χ3n) is 2.61. The molecular weight excluding hydrogens is 294 g/mol. The highest BCUT2D eigenvalue weighted by Gasteiger charge is 2.08. The Kier molecular flexibility index (Phi) is 3.72. The fourth-order valence-corrected chi connectivity index (χ4v) is 1.64. The molecule has 0 saturated heterocycles. The number of amides is 1. The van der Waals surface area contributed by atoms with Crippen molar-refractivity contribution in [1.82, 2.24) is 9.97 Å². The Morgan fingerprint density at radius 2 is 1.83 bits per heavy atom. The first-order chi connectivity index (χ1) is 8.56. The van der Waals surface area contributed by atoms with E-state index in [9.17, 15) is 4.79 Å². The van der Waals surface area contributed by atoms with Crippen LogP contribution in [0.4, 0.5) is 5.95 Å². The third-order valence-corrected chi connectivity index (χ3v) is 3.02. The number of carbonyl (C=O) groups is 1. The molecule has 1 heterocycles. The summed E-state index contributed by atoms with van der Waals surface area (Å²) in [6.45, 7) is 3.98. The molecule has 1 N–H and O–H groups in total. The van der Waals surface area contributed by atoms with Crippen molar-refractivity contribution in [2.45, 2.75) is 13.8 Å². The molecule has 2 rings (SSSR count). The van der Waals surface area contributed by atoms with Crippen LogP contribution >= 0.6 is 15.9 Å². The maximum Gasteiger partial charge on any atom is 0.258 e. The number of halogens is 1. The van der Waals surface area contributed by atoms with Crippen molar-refractivity contribution >= 4 is 27.8 Å². The number of hydrogen-bond acceptors (Lipinski definition) is 3. The molecule has 4 nitrogen and oxygen atoms in total. The standard InChI is InChI=1S/C13H12BrN3O/c1-8-3-4-10(5-9(8)2)12(18)17-13-15-6-11(14)7-16-13/h3-7H,1-2H3,(H,15,16,17,18). The van der Waals surface area contributed by atoms with Crippen LogP contribution < -0.4 is 5.32 Å². The fourth-order valence-electron chi connectivity index (χ4n) is 1.43. The largest absolute Gasteiger partial charge is 0.290 e. The molecule has 1 aromatic heterocycles. The van der Waals surface area contributed by atoms with Crippen molar-refractivity contribution in [3.63, 3.8) is 0 Å². The Morgan fingerprint density at radius 3 is 2.44 bits per heavy atom. The minimum absolute atomic E-state index is 0.208. The molecule has 0 atom stereocenters. The van der Waals surface area contributed by atoms with Gasteiger partial charge >= 0.3 is 0 Å². The maximum atomic E-state index is 12.0. The van der Waals surface area contributed by atoms with Crippen molar-refractivity contribution in [2.24, 2.45) is 0 Å². The average Bonchev–Trinajstić information content (AvgIpc) is 2.35. The van der Waals surface area contributed by atoms with Gasteiger partial charge in [-0.25, -0.2) is 9.97 Å². The van der Waals surface area contributed by atoms with E-state index >= 15 is 0 Å². The molecule has 0 unspecified atom stereocenters. The summed E-state index contributed by atoms with van der Waals surface area (Å²) in [6.07, 6.45) is 3.17. The van der Waals surface area contributed by atoms with Crippen molar-refractivity contribution in [1.29, 1.82) is 0 Å². The molecular formula is C13H12BrN3O. The highest BCUT2D eigenvalue weighted by Crippen LogP contribution is 2.12. The number of benzene rings is 1. The Morgan fingerprint density at radius 1 is 1.17 bits per heavy atom. The van der Waals surface area contributed by atoms with E-state index in [1.165, 1.54) is 0 Å². The summed E-state index contributed by atoms with van der Waals surface area (Å²) >= 11 is 3.24. The van der Waals surface area contributed by atoms with Gasteiger partial charge in [0.15, 0.2) is 0 Å². The minimum atomic E-state index is -0.208. The SMILES string of the molecule is Cc1ccc(C(=O)Nc2ncc(Br)cn2)cc1C. The molecule has 0 aliphatic rings. The molecule has 1 aromatic carbocycles. The normalized spacial score (nSPS) is 10.2. The van der Waals surface area contributed by atoms with E-state index in [1.807, 2.05) is 26.0 Å². The topological polar surface area (TPSA) is 54.9 Å². The summed E-state index contributed by atoms with van der Waals surface area (Å²) in [6, 6.07) is 5.56. The molecule has 1 amide bonds. The summed E-state index contributed by atoms with van der Waals surface area (Å²) in [5, 5.41) is 2.65. The summed E-state index contributed by atoms with van der Waals surface area (Å²) in [4.78, 5) is 19.9. The van der Waals surface area contributed by atoms with E-state index < -0.39 is 0 Å². The van der Waals surface area contributed by atoms with E-state index in [4.69, 9.17) is 0 Å². The van der Waals surface area contributed by atoms with E-state index in [0.717, 1.165) is 15.6 Å². The van der Waals surface area contributed by atoms with E-state index in [2.05, 4.69) is 31.2 Å². The van der Waals surface area contributed by atoms with Gasteiger partial charge in [0.2, 0.25) is 5.95 Å². The lowest BCUT2D eigenvalue weighted by atomic mass is 10.1. The molecule has 0 aliphatic carbocycles. The van der Waals surface area contributed by atoms with Crippen LogP contribution in [0.5, 0.6) is 0 Å². The highest BCUT2D eigenvalue weighted by molar-refractivity contribution is 9.10. The zero-order valence-electron chi connectivity index (χ0n) is 10.1. The van der Waals surface area contributed by atoms with Gasteiger partial charge in [-0.2, -0.15) is 0 Å². The molecule has 0 aliphatic heterocycles. The molecule has 92 valence electrons. The number of carbonyl (C=O) groups excluding carboxylic acids is 1. The van der Waals surface area contributed by atoms with Crippen LogP contribution in [0.25, 0.3) is 0 Å². The second-order valence-corrected chi connectivity index (χ2v) is 4.89. The average molecular weight is 306 g/mol. The second-order valence-electron chi connectivity index (χ2n) is 3.98. The first-order valence-electron chi connectivity index (χ1n) is 5.42. The van der Waals surface area contributed by atoms with Gasteiger partial charge in [0.1, 0.15) is 0 Å². The maximum absolute atomic E-state index is 12.0. The predicted molar refractivity (Wildman–Crippen MR) is 73.6 cm³/mol. The van der Waals surface area contributed by atoms with Crippen LogP contribution in [0.2, 0.25) is 0 Å². The number of rotatable bonds is 2. The minimum Gasteiger partial charge on any atom is -0.290 e. The van der Waals surface area contributed by atoms with Crippen LogP contribution in [0.3, 0.4) is 0 Å². The number of nitrogens with zero attached hydrogens (tertiary/aromatic N) is 2. The molecule has 0 bridgehead atoms. The Balaban J connectivity index is 2.16. The summed E-state index contributed by atoms with van der Waals surface area (Å²) in [5.41, 5.74) is 2.84. The van der Waals surface area contributed by atoms with Crippen molar-refractivity contribution in [3.8, 4) is 0 Å². The molecule has 0 saturated carbocycles. The smallest absolute Gasteiger partial charge is 0.258 e. The monoisotopic (exact) mass is 305 g/mol. The number of aryl methyl sites for hydroxylation is 2. The molecule has 0 radical (unpaired) electrons. The van der Waals surface area contributed by atoms with E-state index in [0.29, 0.717) is 11.5 Å². The first-order valence-corrected chi connectivity index (χ1v) is 6.22. The van der Waals surface area contributed by atoms with Crippen molar-refractivity contribution < 1.29 is 4.79 Å². The van der Waals surface area contributed by atoms with Crippen LogP contribution in [-0.4, -0.2) is 15.9 Å². The quantitative estimate of drug-likeness (QED) is 0.927. The van der Waals surface area contributed by atoms with Gasteiger partial charge in [-0.05, 0) is 53.0 Å². The zero-order valence-corrected chi connectivity index (χ0v) is 11.7. The van der Waals surface area contributed by atoms with Crippen LogP contribution in [-0.2, 0) is 0 Å². The Bertz CT molecular complexity index is 581. The number of nitrogens with one attached hydrogen (secondary N) is 1. The van der Waals surface area contributed by atoms with Crippen molar-refractivity contribution in [3.05, 3.63) is 51.8 Å². The van der Waals surface area contributed by atoms with Gasteiger partial charge in [0.25, 0.3) is 5.91 Å². The molecule has 2 aromatic rings. The lowest BCUT2D eigenvalue weighted by Gasteiger charge is -2.05. The summed E-state index contributed by atoms with van der Waals surface area (Å²) in [7, 11) is 0. The molecule has 0 fully saturated rings. The third kappa shape index (κ3) is 2.92. The Labute approximate surface area is 114 Å². The van der Waals surface area contributed by atoms with Gasteiger partial charge in [0.05, 0.1) is 4.47 Å². The van der Waals surface area contributed by atoms with E-state index in [-0.39, 0.29) is 5.91 Å². The zero-order chi connectivity index (χ0) is 13.1. The molecule has 5 heteroatoms. The van der Waals surface area contributed by atoms with Crippen LogP contribution in [0.15, 0.2) is 35.1 Å². The van der Waals surface area contributed by atoms with Gasteiger partial charge < -0.3 is 0 Å². The van der Waals surface area contributed by atoms with Gasteiger partial charge in [0, 0.05) is 18.0 Å². The molecule has 18 heavy (non-hydrogen) atoms. The number of aromatic nitrogens is 2. The lowest BCUT2D eigenvalue weighted by Crippen LogP contribution is -2.14. The fraction of sp³-hybridized carbons (Fsp3) is 0.154. The number of hydrogen-bond donors (Lipinski definition) is 1. The second kappa shape index (κ2) is 5.27. The molecule has 0 spiro atoms. The Hall–Kier alpha value is -1.75. The number of anilines is 1. The highest BCUT2D eigenvalue weighted by atomic mass is 79.9. The van der Waals surface area contributed by atoms with Gasteiger partial charge in [-0.15, -0.1) is 0 Å². The lowest BCUT2D eigenvalue weighted by molar-refractivity contribution is 0.102. The van der Waals surface area contributed by atoms with E-state index in [1.54, 1.807) is 18.5 Å². The van der Waals surface area contributed by atoms with Crippen molar-refractivity contribution in [2.75, 3.05) is 5.32 Å². The van der Waals surface area contributed by atoms with Crippen LogP contribution in [0.1, 0.15) is 21.5 Å². The summed E-state index contributed by atoms with van der Waals surface area (Å²) < 4.78 is 0.770. The van der Waals surface area contributed by atoms with Gasteiger partial charge in [-0.1, -0.05) is 6.07 Å². The van der Waals surface area contributed by atoms with Gasteiger partial charge in [-0.3, -0.25) is 10.1 Å². The first kappa shape index (κ1) is 12.7. The summed E-state index contributed by atoms with van der Waals surface area (Å²) in [5.74, 6) is 0.0850. The van der Waals surface area contributed by atoms with Crippen LogP contribution in [0, 0.1) is 13.8 Å². The predicted octanol–water partition coefficient (Wildman–Crippen LogP) is 3.11.